The monoisotopic (exact) mass is 368 g/mol. The van der Waals surface area contributed by atoms with Gasteiger partial charge in [0.25, 0.3) is 0 Å². The second kappa shape index (κ2) is 10.9. The van der Waals surface area contributed by atoms with Crippen LogP contribution in [0, 0.1) is 0 Å². The largest absolute Gasteiger partial charge is 0.0911 e. The fraction of sp³-hybridized carbons (Fsp3) is 0.600. The molecule has 0 amide bonds. The van der Waals surface area contributed by atoms with E-state index in [0.717, 1.165) is 0 Å². The van der Waals surface area contributed by atoms with E-state index >= 15 is 0 Å². The fourth-order valence-electron chi connectivity index (χ4n) is 4.04. The van der Waals surface area contributed by atoms with E-state index in [1.165, 1.54) is 64.2 Å². The summed E-state index contributed by atoms with van der Waals surface area (Å²) in [6.07, 6.45) is 22.7. The Morgan fingerprint density at radius 1 is 0.692 bits per heavy atom. The van der Waals surface area contributed by atoms with E-state index in [4.69, 9.17) is 0 Å². The van der Waals surface area contributed by atoms with Crippen LogP contribution in [-0.4, -0.2) is 8.07 Å². The summed E-state index contributed by atoms with van der Waals surface area (Å²) in [7, 11) is -1.49. The third-order valence-corrected chi connectivity index (χ3v) is 9.84. The Balaban J connectivity index is 2.15. The maximum Gasteiger partial charge on any atom is 0.0911 e. The molecule has 0 atom stereocenters. The summed E-state index contributed by atoms with van der Waals surface area (Å²) in [5.74, 6) is 0. The Morgan fingerprint density at radius 3 is 1.65 bits per heavy atom. The lowest BCUT2D eigenvalue weighted by atomic mass is 10.0. The number of hydrogen-bond donors (Lipinski definition) is 0. The van der Waals surface area contributed by atoms with Gasteiger partial charge in [-0.3, -0.25) is 0 Å². The van der Waals surface area contributed by atoms with Gasteiger partial charge in [-0.2, -0.15) is 0 Å². The van der Waals surface area contributed by atoms with Crippen molar-refractivity contribution in [3.63, 3.8) is 0 Å². The highest BCUT2D eigenvalue weighted by atomic mass is 28.3. The van der Waals surface area contributed by atoms with Gasteiger partial charge in [-0.05, 0) is 42.4 Å². The van der Waals surface area contributed by atoms with E-state index in [9.17, 15) is 0 Å². The maximum absolute atomic E-state index is 2.56. The predicted octanol–water partition coefficient (Wildman–Crippen LogP) is 7.34. The molecule has 1 aromatic carbocycles. The Kier molecular flexibility index (Phi) is 8.91. The maximum atomic E-state index is 2.56. The van der Waals surface area contributed by atoms with Crippen LogP contribution in [0.25, 0.3) is 0 Å². The lowest BCUT2D eigenvalue weighted by Gasteiger charge is -2.29. The molecule has 0 heterocycles. The Morgan fingerprint density at radius 2 is 1.19 bits per heavy atom. The first-order chi connectivity index (χ1) is 12.6. The number of allylic oxidation sites excluding steroid dienone is 4. The first kappa shape index (κ1) is 21.2. The van der Waals surface area contributed by atoms with E-state index in [0.29, 0.717) is 5.54 Å². The SMILES string of the molecule is CCCCCCc1cc(CCCCCC)cc([Si](C)(C)C2C=CC=C2)c1. The summed E-state index contributed by atoms with van der Waals surface area (Å²) in [4.78, 5) is 0. The van der Waals surface area contributed by atoms with Gasteiger partial charge in [0.15, 0.2) is 0 Å². The van der Waals surface area contributed by atoms with Gasteiger partial charge in [0.1, 0.15) is 0 Å². The smallest absolute Gasteiger partial charge is 0.0800 e. The van der Waals surface area contributed by atoms with E-state index < -0.39 is 8.07 Å². The fourth-order valence-corrected chi connectivity index (χ4v) is 6.72. The molecule has 0 unspecified atom stereocenters. The van der Waals surface area contributed by atoms with Gasteiger partial charge in [0, 0.05) is 0 Å². The number of benzene rings is 1. The van der Waals surface area contributed by atoms with Crippen LogP contribution in [0.2, 0.25) is 18.6 Å². The van der Waals surface area contributed by atoms with E-state index in [1.54, 1.807) is 16.3 Å². The predicted molar refractivity (Wildman–Crippen MR) is 121 cm³/mol. The number of unbranched alkanes of at least 4 members (excludes halogenated alkanes) is 6. The second-order valence-electron chi connectivity index (χ2n) is 8.68. The van der Waals surface area contributed by atoms with Crippen molar-refractivity contribution >= 4 is 13.3 Å². The Labute approximate surface area is 163 Å². The molecule has 0 aromatic heterocycles. The standard InChI is InChI=1S/C25H40Si/c1-5-7-9-11-15-22-19-23(16-12-10-8-6-2)21-25(20-22)26(3,4)24-17-13-14-18-24/h13-14,17-21,24H,5-12,15-16H2,1-4H3. The van der Waals surface area contributed by atoms with Crippen molar-refractivity contribution in [1.29, 1.82) is 0 Å². The van der Waals surface area contributed by atoms with Crippen molar-refractivity contribution in [1.82, 2.24) is 0 Å². The Bertz CT molecular complexity index is 552. The van der Waals surface area contributed by atoms with E-state index in [1.807, 2.05) is 0 Å². The van der Waals surface area contributed by atoms with Crippen LogP contribution < -0.4 is 5.19 Å². The van der Waals surface area contributed by atoms with Crippen molar-refractivity contribution in [3.8, 4) is 0 Å². The zero-order chi connectivity index (χ0) is 18.8. The average molecular weight is 369 g/mol. The highest BCUT2D eigenvalue weighted by molar-refractivity contribution is 6.91. The van der Waals surface area contributed by atoms with Gasteiger partial charge in [-0.1, -0.05) is 113 Å². The van der Waals surface area contributed by atoms with Crippen LogP contribution in [0.5, 0.6) is 0 Å². The molecule has 0 spiro atoms. The van der Waals surface area contributed by atoms with Crippen LogP contribution >= 0.6 is 0 Å². The molecule has 1 aromatic rings. The number of aryl methyl sites for hydroxylation is 2. The van der Waals surface area contributed by atoms with E-state index in [2.05, 4.69) is 69.4 Å². The number of rotatable bonds is 12. The molecule has 0 saturated carbocycles. The van der Waals surface area contributed by atoms with Gasteiger partial charge in [-0.15, -0.1) is 0 Å². The molecule has 0 radical (unpaired) electrons. The Hall–Kier alpha value is -1.08. The summed E-state index contributed by atoms with van der Waals surface area (Å²) in [5.41, 5.74) is 3.84. The van der Waals surface area contributed by atoms with Gasteiger partial charge in [0.2, 0.25) is 0 Å². The van der Waals surface area contributed by atoms with E-state index in [-0.39, 0.29) is 0 Å². The van der Waals surface area contributed by atoms with Gasteiger partial charge in [-0.25, -0.2) is 0 Å². The molecule has 0 bridgehead atoms. The van der Waals surface area contributed by atoms with Crippen molar-refractivity contribution in [3.05, 3.63) is 53.6 Å². The quantitative estimate of drug-likeness (QED) is 0.267. The van der Waals surface area contributed by atoms with Crippen molar-refractivity contribution < 1.29 is 0 Å². The lowest BCUT2D eigenvalue weighted by molar-refractivity contribution is 0.661. The first-order valence-electron chi connectivity index (χ1n) is 11.1. The molecule has 0 nitrogen and oxygen atoms in total. The molecule has 1 aliphatic rings. The van der Waals surface area contributed by atoms with Crippen LogP contribution in [0.3, 0.4) is 0 Å². The molecule has 1 heteroatoms. The molecule has 26 heavy (non-hydrogen) atoms. The lowest BCUT2D eigenvalue weighted by Crippen LogP contribution is -2.45. The molecule has 0 N–H and O–H groups in total. The molecule has 0 saturated heterocycles. The second-order valence-corrected chi connectivity index (χ2v) is 13.4. The van der Waals surface area contributed by atoms with Crippen molar-refractivity contribution in [2.24, 2.45) is 0 Å². The first-order valence-corrected chi connectivity index (χ1v) is 14.1. The topological polar surface area (TPSA) is 0 Å². The minimum Gasteiger partial charge on any atom is -0.0800 e. The highest BCUT2D eigenvalue weighted by Gasteiger charge is 2.31. The van der Waals surface area contributed by atoms with Gasteiger partial charge < -0.3 is 0 Å². The van der Waals surface area contributed by atoms with Crippen molar-refractivity contribution in [2.75, 3.05) is 0 Å². The van der Waals surface area contributed by atoms with Gasteiger partial charge in [0.05, 0.1) is 8.07 Å². The van der Waals surface area contributed by atoms with Crippen LogP contribution in [-0.2, 0) is 12.8 Å². The summed E-state index contributed by atoms with van der Waals surface area (Å²) >= 11 is 0. The average Bonchev–Trinajstić information content (AvgIpc) is 3.18. The molecule has 0 aliphatic heterocycles. The number of hydrogen-bond acceptors (Lipinski definition) is 0. The third-order valence-electron chi connectivity index (χ3n) is 6.02. The minimum atomic E-state index is -1.49. The summed E-state index contributed by atoms with van der Waals surface area (Å²) in [6, 6.07) is 7.65. The minimum absolute atomic E-state index is 0.658. The molecule has 144 valence electrons. The summed E-state index contributed by atoms with van der Waals surface area (Å²) in [6.45, 7) is 9.70. The third kappa shape index (κ3) is 6.27. The highest BCUT2D eigenvalue weighted by Crippen LogP contribution is 2.29. The van der Waals surface area contributed by atoms with Crippen LogP contribution in [0.15, 0.2) is 42.5 Å². The molecule has 0 fully saturated rings. The zero-order valence-electron chi connectivity index (χ0n) is 17.7. The summed E-state index contributed by atoms with van der Waals surface area (Å²) in [5, 5.41) is 1.66. The molecular weight excluding hydrogens is 328 g/mol. The molecule has 1 aliphatic carbocycles. The van der Waals surface area contributed by atoms with Crippen LogP contribution in [0.4, 0.5) is 0 Å². The molecule has 2 rings (SSSR count). The summed E-state index contributed by atoms with van der Waals surface area (Å²) < 4.78 is 0. The van der Waals surface area contributed by atoms with Crippen molar-refractivity contribution in [2.45, 2.75) is 96.7 Å². The molecular formula is C25H40Si. The van der Waals surface area contributed by atoms with Crippen LogP contribution in [0.1, 0.15) is 76.3 Å². The van der Waals surface area contributed by atoms with Gasteiger partial charge >= 0.3 is 0 Å². The normalized spacial score (nSPS) is 14.5. The zero-order valence-corrected chi connectivity index (χ0v) is 18.7.